The van der Waals surface area contributed by atoms with Gasteiger partial charge in [-0.15, -0.1) is 0 Å². The Labute approximate surface area is 152 Å². The Bertz CT molecular complexity index is 828. The summed E-state index contributed by atoms with van der Waals surface area (Å²) in [5, 5.41) is 2.80. The van der Waals surface area contributed by atoms with Crippen molar-refractivity contribution in [2.75, 3.05) is 56.4 Å². The van der Waals surface area contributed by atoms with E-state index in [0.717, 1.165) is 12.8 Å². The molecule has 136 valence electrons. The summed E-state index contributed by atoms with van der Waals surface area (Å²) >= 11 is 0. The molecule has 4 heteroatoms. The van der Waals surface area contributed by atoms with Crippen LogP contribution in [0.4, 0.5) is 0 Å². The highest BCUT2D eigenvalue weighted by molar-refractivity contribution is 5.73. The van der Waals surface area contributed by atoms with E-state index in [-0.39, 0.29) is 0 Å². The first-order chi connectivity index (χ1) is 11.7. The molecule has 2 aliphatic carbocycles. The van der Waals surface area contributed by atoms with E-state index < -0.39 is 0 Å². The highest BCUT2D eigenvalue weighted by atomic mass is 15.1. The molecule has 1 aromatic carbocycles. The summed E-state index contributed by atoms with van der Waals surface area (Å²) in [4.78, 5) is 9.14. The molecule has 0 fully saturated rings. The zero-order valence-corrected chi connectivity index (χ0v) is 17.0. The minimum atomic E-state index is 0.454. The van der Waals surface area contributed by atoms with Crippen LogP contribution in [0.5, 0.6) is 0 Å². The highest BCUT2D eigenvalue weighted by Gasteiger charge is 2.28. The van der Waals surface area contributed by atoms with E-state index in [1.807, 2.05) is 0 Å². The van der Waals surface area contributed by atoms with E-state index in [1.54, 1.807) is 0 Å². The van der Waals surface area contributed by atoms with Crippen LogP contribution in [0.15, 0.2) is 18.2 Å². The molecular formula is C21H32N4. The molecule has 0 spiro atoms. The molecule has 0 aromatic heterocycles. The lowest BCUT2D eigenvalue weighted by molar-refractivity contribution is 0.303. The van der Waals surface area contributed by atoms with Gasteiger partial charge in [-0.1, -0.05) is 6.08 Å². The Morgan fingerprint density at radius 1 is 0.760 bits per heavy atom. The van der Waals surface area contributed by atoms with Gasteiger partial charge in [0.2, 0.25) is 0 Å². The Kier molecular flexibility index (Phi) is 4.58. The Morgan fingerprint density at radius 2 is 1.40 bits per heavy atom. The van der Waals surface area contributed by atoms with Crippen molar-refractivity contribution in [1.29, 1.82) is 0 Å². The van der Waals surface area contributed by atoms with Gasteiger partial charge in [0, 0.05) is 89.0 Å². The zero-order chi connectivity index (χ0) is 18.5. The Balaban J connectivity index is 2.37. The van der Waals surface area contributed by atoms with Crippen molar-refractivity contribution in [3.63, 3.8) is 0 Å². The molecule has 0 saturated carbocycles. The number of hydrogen-bond donors (Lipinski definition) is 0. The van der Waals surface area contributed by atoms with Gasteiger partial charge in [0.15, 0.2) is 0 Å². The number of benzene rings is 1. The van der Waals surface area contributed by atoms with Crippen molar-refractivity contribution < 1.29 is 0 Å². The summed E-state index contributed by atoms with van der Waals surface area (Å²) in [6.45, 7) is 0. The molecule has 0 bridgehead atoms. The van der Waals surface area contributed by atoms with Crippen LogP contribution in [-0.4, -0.2) is 76.0 Å². The number of hydrogen-bond acceptors (Lipinski definition) is 4. The molecular weight excluding hydrogens is 308 g/mol. The summed E-state index contributed by atoms with van der Waals surface area (Å²) in [6, 6.07) is 5.34. The summed E-state index contributed by atoms with van der Waals surface area (Å²) in [6.07, 6.45) is 4.43. The molecule has 1 unspecified atom stereocenters. The topological polar surface area (TPSA) is 13.0 Å². The first-order valence-corrected chi connectivity index (χ1v) is 9.01. The van der Waals surface area contributed by atoms with Gasteiger partial charge in [-0.2, -0.15) is 0 Å². The first-order valence-electron chi connectivity index (χ1n) is 9.01. The maximum absolute atomic E-state index is 2.46. The van der Waals surface area contributed by atoms with Gasteiger partial charge in [-0.3, -0.25) is 0 Å². The zero-order valence-electron chi connectivity index (χ0n) is 17.0. The van der Waals surface area contributed by atoms with Gasteiger partial charge in [-0.25, -0.2) is 0 Å². The molecule has 1 aromatic rings. The van der Waals surface area contributed by atoms with Crippen LogP contribution < -0.4 is 10.4 Å². The van der Waals surface area contributed by atoms with Crippen LogP contribution in [0.25, 0.3) is 17.1 Å². The van der Waals surface area contributed by atoms with E-state index in [1.165, 1.54) is 38.7 Å². The second kappa shape index (κ2) is 6.41. The molecule has 0 radical (unpaired) electrons. The standard InChI is InChI=1S/C21H32N4/c1-22(2)18-9-10-19(23(3)4)15-12-17-16(11-14(15)18)20(24(5)6)13-21(17)25(7)8/h9,11-12,21H,10,13H2,1-8H3. The molecule has 4 nitrogen and oxygen atoms in total. The average molecular weight is 341 g/mol. The largest absolute Gasteiger partial charge is 0.380 e. The van der Waals surface area contributed by atoms with Crippen molar-refractivity contribution in [1.82, 2.24) is 19.6 Å². The fourth-order valence-corrected chi connectivity index (χ4v) is 4.14. The summed E-state index contributed by atoms with van der Waals surface area (Å²) < 4.78 is 0. The van der Waals surface area contributed by atoms with E-state index in [2.05, 4.69) is 94.2 Å². The number of rotatable bonds is 4. The highest BCUT2D eigenvalue weighted by Crippen LogP contribution is 2.31. The minimum Gasteiger partial charge on any atom is -0.380 e. The third kappa shape index (κ3) is 2.93. The van der Waals surface area contributed by atoms with Gasteiger partial charge < -0.3 is 19.6 Å². The maximum atomic E-state index is 2.46. The summed E-state index contributed by atoms with van der Waals surface area (Å²) in [7, 11) is 17.3. The van der Waals surface area contributed by atoms with E-state index >= 15 is 0 Å². The fraction of sp³-hybridized carbons (Fsp3) is 0.524. The van der Waals surface area contributed by atoms with Gasteiger partial charge in [0.05, 0.1) is 0 Å². The SMILES string of the molecule is CN(C)C1=CCC(N(C)C)=c2cc3c(cc21)=C(N(C)C)CC3N(C)C. The van der Waals surface area contributed by atoms with Crippen LogP contribution in [0.2, 0.25) is 0 Å². The molecule has 0 N–H and O–H groups in total. The van der Waals surface area contributed by atoms with Gasteiger partial charge in [0.25, 0.3) is 0 Å². The lowest BCUT2D eigenvalue weighted by Crippen LogP contribution is -2.32. The molecule has 2 aliphatic rings. The van der Waals surface area contributed by atoms with Crippen LogP contribution in [0.1, 0.15) is 30.0 Å². The molecule has 3 rings (SSSR count). The van der Waals surface area contributed by atoms with Crippen LogP contribution >= 0.6 is 0 Å². The van der Waals surface area contributed by atoms with E-state index in [0.29, 0.717) is 6.04 Å². The molecule has 0 saturated heterocycles. The Hall–Kier alpha value is -1.94. The predicted molar refractivity (Wildman–Crippen MR) is 107 cm³/mol. The molecule has 0 aliphatic heterocycles. The normalized spacial score (nSPS) is 18.9. The van der Waals surface area contributed by atoms with Gasteiger partial charge >= 0.3 is 0 Å². The third-order valence-electron chi connectivity index (χ3n) is 5.51. The maximum Gasteiger partial charge on any atom is 0.0405 e. The molecule has 0 amide bonds. The van der Waals surface area contributed by atoms with Crippen molar-refractivity contribution >= 4 is 17.1 Å². The van der Waals surface area contributed by atoms with Crippen molar-refractivity contribution in [3.05, 3.63) is 39.8 Å². The second-order valence-electron chi connectivity index (χ2n) is 8.04. The first kappa shape index (κ1) is 17.9. The summed E-state index contributed by atoms with van der Waals surface area (Å²) in [5.41, 5.74) is 6.99. The Morgan fingerprint density at radius 3 is 1.92 bits per heavy atom. The third-order valence-corrected chi connectivity index (χ3v) is 5.51. The van der Waals surface area contributed by atoms with Crippen LogP contribution in [0, 0.1) is 0 Å². The fourth-order valence-electron chi connectivity index (χ4n) is 4.14. The van der Waals surface area contributed by atoms with E-state index in [9.17, 15) is 0 Å². The number of nitrogens with zero attached hydrogens (tertiary/aromatic N) is 4. The lowest BCUT2D eigenvalue weighted by Gasteiger charge is -2.27. The molecule has 0 heterocycles. The van der Waals surface area contributed by atoms with Crippen LogP contribution in [0.3, 0.4) is 0 Å². The molecule has 25 heavy (non-hydrogen) atoms. The average Bonchev–Trinajstić information content (AvgIpc) is 2.90. The molecule has 1 atom stereocenters. The second-order valence-corrected chi connectivity index (χ2v) is 8.04. The van der Waals surface area contributed by atoms with Crippen molar-refractivity contribution in [3.8, 4) is 0 Å². The smallest absolute Gasteiger partial charge is 0.0405 e. The minimum absolute atomic E-state index is 0.454. The van der Waals surface area contributed by atoms with Gasteiger partial charge in [0.1, 0.15) is 0 Å². The summed E-state index contributed by atoms with van der Waals surface area (Å²) in [5.74, 6) is 0. The quantitative estimate of drug-likeness (QED) is 0.820. The predicted octanol–water partition coefficient (Wildman–Crippen LogP) is 1.34. The van der Waals surface area contributed by atoms with E-state index in [4.69, 9.17) is 0 Å². The van der Waals surface area contributed by atoms with Crippen molar-refractivity contribution in [2.24, 2.45) is 0 Å². The van der Waals surface area contributed by atoms with Gasteiger partial charge in [-0.05, 0) is 37.0 Å². The van der Waals surface area contributed by atoms with Crippen molar-refractivity contribution in [2.45, 2.75) is 18.9 Å². The number of fused-ring (bicyclic) bond motifs is 2. The monoisotopic (exact) mass is 340 g/mol. The van der Waals surface area contributed by atoms with Crippen LogP contribution in [-0.2, 0) is 0 Å². The lowest BCUT2D eigenvalue weighted by atomic mass is 9.95.